The minimum Gasteiger partial charge on any atom is -0.506 e. The van der Waals surface area contributed by atoms with E-state index >= 15 is 0 Å². The zero-order chi connectivity index (χ0) is 13.5. The summed E-state index contributed by atoms with van der Waals surface area (Å²) in [5.74, 6) is 0.159. The minimum atomic E-state index is -0.00185. The molecule has 0 amide bonds. The summed E-state index contributed by atoms with van der Waals surface area (Å²) in [5, 5.41) is 21.8. The highest BCUT2D eigenvalue weighted by Gasteiger charge is 2.08. The number of hydrogen-bond donors (Lipinski definition) is 3. The molecule has 2 rings (SSSR count). The first kappa shape index (κ1) is 13.5. The molecule has 0 bridgehead atoms. The lowest BCUT2D eigenvalue weighted by atomic mass is 10.1. The van der Waals surface area contributed by atoms with Gasteiger partial charge in [-0.05, 0) is 24.1 Å². The molecule has 0 unspecified atom stereocenters. The molecule has 0 spiro atoms. The highest BCUT2D eigenvalue weighted by Crippen LogP contribution is 2.07. The van der Waals surface area contributed by atoms with Crippen molar-refractivity contribution < 1.29 is 10.2 Å². The lowest BCUT2D eigenvalue weighted by Gasteiger charge is -2.16. The summed E-state index contributed by atoms with van der Waals surface area (Å²) in [6.07, 6.45) is 2.19. The fourth-order valence-electron chi connectivity index (χ4n) is 1.87. The second-order valence-electron chi connectivity index (χ2n) is 4.46. The van der Waals surface area contributed by atoms with Crippen molar-refractivity contribution in [3.05, 3.63) is 59.9 Å². The van der Waals surface area contributed by atoms with E-state index in [1.54, 1.807) is 12.1 Å². The third kappa shape index (κ3) is 4.35. The third-order valence-electron chi connectivity index (χ3n) is 2.93. The van der Waals surface area contributed by atoms with Gasteiger partial charge in [0.25, 0.3) is 0 Å². The van der Waals surface area contributed by atoms with Crippen LogP contribution in [0.5, 0.6) is 5.75 Å². The molecule has 19 heavy (non-hydrogen) atoms. The van der Waals surface area contributed by atoms with Crippen LogP contribution >= 0.6 is 0 Å². The molecule has 1 aromatic heterocycles. The van der Waals surface area contributed by atoms with Gasteiger partial charge in [-0.3, -0.25) is 4.98 Å². The Morgan fingerprint density at radius 3 is 2.53 bits per heavy atom. The monoisotopic (exact) mass is 258 g/mol. The maximum atomic E-state index is 9.39. The van der Waals surface area contributed by atoms with Gasteiger partial charge in [-0.25, -0.2) is 0 Å². The lowest BCUT2D eigenvalue weighted by Crippen LogP contribution is -2.34. The Kier molecular flexibility index (Phi) is 4.89. The normalized spacial score (nSPS) is 12.3. The van der Waals surface area contributed by atoms with Gasteiger partial charge in [-0.15, -0.1) is 0 Å². The van der Waals surface area contributed by atoms with Gasteiger partial charge in [0, 0.05) is 12.6 Å². The van der Waals surface area contributed by atoms with E-state index in [1.807, 2.05) is 30.3 Å². The zero-order valence-corrected chi connectivity index (χ0v) is 10.7. The second kappa shape index (κ2) is 6.87. The number of pyridine rings is 1. The number of aliphatic hydroxyl groups excluding tert-OH is 1. The molecule has 4 heteroatoms. The van der Waals surface area contributed by atoms with Gasteiger partial charge >= 0.3 is 0 Å². The SMILES string of the molecule is OC[C@H](Cc1ccccc1)NCc1ccc(O)cn1. The van der Waals surface area contributed by atoms with Gasteiger partial charge in [0.15, 0.2) is 0 Å². The molecule has 0 saturated heterocycles. The molecular weight excluding hydrogens is 240 g/mol. The molecule has 1 aromatic carbocycles. The van der Waals surface area contributed by atoms with Gasteiger partial charge in [-0.1, -0.05) is 30.3 Å². The number of aromatic nitrogens is 1. The van der Waals surface area contributed by atoms with E-state index in [9.17, 15) is 5.11 Å². The van der Waals surface area contributed by atoms with Crippen LogP contribution in [0.2, 0.25) is 0 Å². The predicted octanol–water partition coefficient (Wildman–Crippen LogP) is 1.48. The van der Waals surface area contributed by atoms with Crippen molar-refractivity contribution in [3.63, 3.8) is 0 Å². The quantitative estimate of drug-likeness (QED) is 0.734. The minimum absolute atomic E-state index is 0.00185. The van der Waals surface area contributed by atoms with Gasteiger partial charge in [0.2, 0.25) is 0 Å². The molecule has 0 aliphatic heterocycles. The Labute approximate surface area is 112 Å². The van der Waals surface area contributed by atoms with Gasteiger partial charge in [0.05, 0.1) is 18.5 Å². The van der Waals surface area contributed by atoms with Crippen LogP contribution in [-0.2, 0) is 13.0 Å². The molecule has 1 heterocycles. The van der Waals surface area contributed by atoms with Gasteiger partial charge < -0.3 is 15.5 Å². The van der Waals surface area contributed by atoms with Crippen LogP contribution in [0.4, 0.5) is 0 Å². The first-order valence-electron chi connectivity index (χ1n) is 6.30. The highest BCUT2D eigenvalue weighted by atomic mass is 16.3. The molecule has 100 valence electrons. The van der Waals surface area contributed by atoms with Crippen LogP contribution in [0.3, 0.4) is 0 Å². The third-order valence-corrected chi connectivity index (χ3v) is 2.93. The smallest absolute Gasteiger partial charge is 0.133 e. The topological polar surface area (TPSA) is 65.4 Å². The molecule has 0 radical (unpaired) electrons. The Bertz CT molecular complexity index is 485. The van der Waals surface area contributed by atoms with Crippen molar-refractivity contribution in [2.45, 2.75) is 19.0 Å². The molecular formula is C15H18N2O2. The fourth-order valence-corrected chi connectivity index (χ4v) is 1.87. The van der Waals surface area contributed by atoms with Crippen LogP contribution in [0.1, 0.15) is 11.3 Å². The zero-order valence-electron chi connectivity index (χ0n) is 10.7. The molecule has 0 aliphatic carbocycles. The van der Waals surface area contributed by atoms with E-state index in [1.165, 1.54) is 11.8 Å². The van der Waals surface area contributed by atoms with Crippen molar-refractivity contribution in [1.82, 2.24) is 10.3 Å². The Morgan fingerprint density at radius 1 is 1.11 bits per heavy atom. The second-order valence-corrected chi connectivity index (χ2v) is 4.46. The number of aromatic hydroxyl groups is 1. The Morgan fingerprint density at radius 2 is 1.89 bits per heavy atom. The molecule has 0 saturated carbocycles. The van der Waals surface area contributed by atoms with E-state index in [2.05, 4.69) is 10.3 Å². The van der Waals surface area contributed by atoms with Crippen LogP contribution < -0.4 is 5.32 Å². The number of rotatable bonds is 6. The summed E-state index contributed by atoms with van der Waals surface area (Å²) < 4.78 is 0. The summed E-state index contributed by atoms with van der Waals surface area (Å²) in [6.45, 7) is 0.644. The number of nitrogens with zero attached hydrogens (tertiary/aromatic N) is 1. The van der Waals surface area contributed by atoms with E-state index in [0.29, 0.717) is 6.54 Å². The van der Waals surface area contributed by atoms with Crippen molar-refractivity contribution in [2.75, 3.05) is 6.61 Å². The molecule has 0 fully saturated rings. The largest absolute Gasteiger partial charge is 0.506 e. The maximum absolute atomic E-state index is 9.39. The van der Waals surface area contributed by atoms with E-state index in [0.717, 1.165) is 12.1 Å². The number of benzene rings is 1. The molecule has 0 aliphatic rings. The highest BCUT2D eigenvalue weighted by molar-refractivity contribution is 5.18. The molecule has 1 atom stereocenters. The van der Waals surface area contributed by atoms with Crippen LogP contribution in [0, 0.1) is 0 Å². The first-order valence-corrected chi connectivity index (χ1v) is 6.30. The lowest BCUT2D eigenvalue weighted by molar-refractivity contribution is 0.240. The van der Waals surface area contributed by atoms with E-state index in [4.69, 9.17) is 5.11 Å². The fraction of sp³-hybridized carbons (Fsp3) is 0.267. The van der Waals surface area contributed by atoms with Crippen molar-refractivity contribution >= 4 is 0 Å². The summed E-state index contributed by atoms with van der Waals surface area (Å²) in [4.78, 5) is 4.10. The summed E-state index contributed by atoms with van der Waals surface area (Å²) in [5.41, 5.74) is 2.03. The van der Waals surface area contributed by atoms with Crippen molar-refractivity contribution in [2.24, 2.45) is 0 Å². The summed E-state index contributed by atoms with van der Waals surface area (Å²) >= 11 is 0. The van der Waals surface area contributed by atoms with Crippen molar-refractivity contribution in [1.29, 1.82) is 0 Å². The van der Waals surface area contributed by atoms with Crippen LogP contribution in [0.15, 0.2) is 48.7 Å². The van der Waals surface area contributed by atoms with Gasteiger partial charge in [-0.2, -0.15) is 0 Å². The van der Waals surface area contributed by atoms with Crippen LogP contribution in [0.25, 0.3) is 0 Å². The summed E-state index contributed by atoms with van der Waals surface area (Å²) in [6, 6.07) is 13.4. The van der Waals surface area contributed by atoms with Gasteiger partial charge in [0.1, 0.15) is 5.75 Å². The summed E-state index contributed by atoms with van der Waals surface area (Å²) in [7, 11) is 0. The van der Waals surface area contributed by atoms with E-state index in [-0.39, 0.29) is 18.4 Å². The Balaban J connectivity index is 1.87. The van der Waals surface area contributed by atoms with E-state index < -0.39 is 0 Å². The maximum Gasteiger partial charge on any atom is 0.133 e. The van der Waals surface area contributed by atoms with Crippen molar-refractivity contribution in [3.8, 4) is 5.75 Å². The first-order chi connectivity index (χ1) is 9.28. The number of hydrogen-bond acceptors (Lipinski definition) is 4. The Hall–Kier alpha value is -1.91. The average molecular weight is 258 g/mol. The molecule has 2 aromatic rings. The standard InChI is InChI=1S/C15H18N2O2/c18-11-14(8-12-4-2-1-3-5-12)16-9-13-6-7-15(19)10-17-13/h1-7,10,14,16,18-19H,8-9,11H2/t14-/m0/s1. The number of nitrogens with one attached hydrogen (secondary N) is 1. The predicted molar refractivity (Wildman–Crippen MR) is 73.8 cm³/mol. The van der Waals surface area contributed by atoms with Crippen LogP contribution in [-0.4, -0.2) is 27.8 Å². The molecule has 4 nitrogen and oxygen atoms in total. The molecule has 3 N–H and O–H groups in total. The number of aliphatic hydroxyl groups is 1. The average Bonchev–Trinajstić information content (AvgIpc) is 2.46.